The van der Waals surface area contributed by atoms with E-state index < -0.39 is 0 Å². The first-order valence-electron chi connectivity index (χ1n) is 0. The molecule has 0 amide bonds. The van der Waals surface area contributed by atoms with Crippen LogP contribution < -0.4 is 85.6 Å². The minimum Gasteiger partial charge on any atom is -1.00 e. The summed E-state index contributed by atoms with van der Waals surface area (Å²) < 4.78 is 0. The van der Waals surface area contributed by atoms with Crippen LogP contribution in [-0.2, 0) is 0 Å². The van der Waals surface area contributed by atoms with Crippen molar-refractivity contribution in [2.24, 2.45) is 0 Å². The third-order valence-electron chi connectivity index (χ3n) is 0. The topological polar surface area (TPSA) is 0 Å². The van der Waals surface area contributed by atoms with E-state index in [1.165, 1.54) is 0 Å². The third-order valence-corrected chi connectivity index (χ3v) is 0. The Morgan fingerprint density at radius 3 is 0.333 bits per heavy atom. The summed E-state index contributed by atoms with van der Waals surface area (Å²) in [6.45, 7) is 0. The van der Waals surface area contributed by atoms with Crippen molar-refractivity contribution in [3.8, 4) is 0 Å². The summed E-state index contributed by atoms with van der Waals surface area (Å²) >= 11 is 0. The molecule has 0 rings (SSSR count). The van der Waals surface area contributed by atoms with Crippen LogP contribution in [0.15, 0.2) is 0 Å². The van der Waals surface area contributed by atoms with Crippen molar-refractivity contribution in [1.82, 2.24) is 0 Å². The molecule has 0 aliphatic heterocycles. The molecule has 0 N–H and O–H groups in total. The van der Waals surface area contributed by atoms with Gasteiger partial charge in [-0.3, -0.25) is 0 Å². The average Bonchev–Trinajstić information content (AvgIpc) is 0. The molecule has 0 aliphatic carbocycles. The molecule has 4 radical (unpaired) electrons. The molecule has 12 heavy (non-hydrogen) atoms. The van der Waals surface area contributed by atoms with Crippen molar-refractivity contribution in [3.63, 3.8) is 0 Å². The van der Waals surface area contributed by atoms with E-state index in [0.29, 0.717) is 0 Å². The van der Waals surface area contributed by atoms with E-state index >= 15 is 0 Å². The molecule has 0 bridgehead atoms. The zero-order valence-corrected chi connectivity index (χ0v) is 12.9. The number of hydrogen-bond acceptors (Lipinski definition) is 0. The zero-order valence-electron chi connectivity index (χ0n) is 4.67. The van der Waals surface area contributed by atoms with E-state index in [4.69, 9.17) is 0 Å². The third kappa shape index (κ3) is 268. The normalized spacial score (nSPS) is 0. The van der Waals surface area contributed by atoms with Gasteiger partial charge in [0.25, 0.3) is 0 Å². The fourth-order valence-corrected chi connectivity index (χ4v) is 0. The van der Waals surface area contributed by atoms with E-state index in [0.717, 1.165) is 0 Å². The number of hydrogen-bond donors (Lipinski definition) is 0. The van der Waals surface area contributed by atoms with Crippen LogP contribution in [0.4, 0.5) is 0 Å². The van der Waals surface area contributed by atoms with E-state index in [-0.39, 0.29) is 128 Å². The van der Waals surface area contributed by atoms with Crippen LogP contribution in [0.1, 0.15) is 0 Å². The molecule has 0 unspecified atom stereocenters. The summed E-state index contributed by atoms with van der Waals surface area (Å²) in [5.41, 5.74) is 0. The maximum absolute atomic E-state index is 0. The molecule has 0 aromatic rings. The first-order chi connectivity index (χ1) is 0. The largest absolute Gasteiger partial charge is 3.00 e. The summed E-state index contributed by atoms with van der Waals surface area (Å²) in [5.74, 6) is 0. The molecule has 0 nitrogen and oxygen atoms in total. The van der Waals surface area contributed by atoms with Crippen LogP contribution in [0.25, 0.3) is 0 Å². The van der Waals surface area contributed by atoms with Gasteiger partial charge in [-0.2, -0.15) is 0 Å². The second kappa shape index (κ2) is 342. The van der Waals surface area contributed by atoms with Gasteiger partial charge < -0.3 is 85.6 Å². The van der Waals surface area contributed by atoms with Gasteiger partial charge in [0.05, 0.1) is 0 Å². The van der Waals surface area contributed by atoms with Crippen LogP contribution in [-0.4, -0.2) is 42.4 Å². The first kappa shape index (κ1) is 429. The Balaban J connectivity index is 0. The predicted molar refractivity (Wildman–Crippen MR) is 11.5 cm³/mol. The van der Waals surface area contributed by atoms with E-state index in [1.807, 2.05) is 0 Å². The Labute approximate surface area is 127 Å². The molecular weight excluding hydrogens is 469 g/mol. The SMILES string of the molecule is [As+3].[Cl-].[Cl-].[Cl-].[Cl-].[Cl-].[F-].[F-].[F-].[F-].[F-].[Sb+3]. The summed E-state index contributed by atoms with van der Waals surface area (Å²) in [7, 11) is 0. The Kier molecular flexibility index (Phi) is 12200. The summed E-state index contributed by atoms with van der Waals surface area (Å²) in [4.78, 5) is 0. The van der Waals surface area contributed by atoms with Crippen LogP contribution >= 0.6 is 0 Å². The van der Waals surface area contributed by atoms with Gasteiger partial charge in [-0.1, -0.05) is 0 Å². The molecule has 0 fully saturated rings. The minimum atomic E-state index is 0. The molecule has 0 atom stereocenters. The van der Waals surface area contributed by atoms with E-state index in [9.17, 15) is 0 Å². The Morgan fingerprint density at radius 2 is 0.333 bits per heavy atom. The van der Waals surface area contributed by atoms with Crippen molar-refractivity contribution in [2.45, 2.75) is 0 Å². The van der Waals surface area contributed by atoms with Crippen LogP contribution in [0, 0.1) is 0 Å². The molecule has 0 aliphatic rings. The fourth-order valence-electron chi connectivity index (χ4n) is 0. The average molecular weight is 469 g/mol. The van der Waals surface area contributed by atoms with Crippen molar-refractivity contribution >= 4 is 42.4 Å². The van der Waals surface area contributed by atoms with E-state index in [2.05, 4.69) is 0 Å². The van der Waals surface area contributed by atoms with Gasteiger partial charge in [0.15, 0.2) is 0 Å². The van der Waals surface area contributed by atoms with Gasteiger partial charge in [-0.15, -0.1) is 0 Å². The molecular formula is AsCl5F5Sb-4. The monoisotopic (exact) mass is 466 g/mol. The fraction of sp³-hybridized carbons (Fsp3) is 0. The van der Waals surface area contributed by atoms with Gasteiger partial charge in [-0.05, 0) is 0 Å². The first-order valence-corrected chi connectivity index (χ1v) is 0. The maximum atomic E-state index is 0. The number of halogens is 10. The Hall–Kier alpha value is 2.48. The summed E-state index contributed by atoms with van der Waals surface area (Å²) in [6.07, 6.45) is 0. The zero-order chi connectivity index (χ0) is 0. The Bertz CT molecular complexity index is 19.8. The van der Waals surface area contributed by atoms with Gasteiger partial charge >= 0.3 is 42.4 Å². The van der Waals surface area contributed by atoms with E-state index in [1.54, 1.807) is 0 Å². The standard InChI is InChI=1S/As.5ClH.5FH.Sb/h;10*1H;/q+3;;;;;;;;;;;+3/p-10. The minimum absolute atomic E-state index is 0. The van der Waals surface area contributed by atoms with Crippen LogP contribution in [0.2, 0.25) is 0 Å². The smallest absolute Gasteiger partial charge is 1.00 e. The summed E-state index contributed by atoms with van der Waals surface area (Å²) in [6, 6.07) is 0. The van der Waals surface area contributed by atoms with Crippen molar-refractivity contribution in [2.75, 3.05) is 0 Å². The second-order valence-corrected chi connectivity index (χ2v) is 0. The van der Waals surface area contributed by atoms with Gasteiger partial charge in [0, 0.05) is 0 Å². The maximum Gasteiger partial charge on any atom is 3.00 e. The van der Waals surface area contributed by atoms with Crippen LogP contribution in [0.3, 0.4) is 0 Å². The number of rotatable bonds is 0. The molecule has 0 aromatic carbocycles. The molecule has 0 spiro atoms. The molecule has 0 saturated heterocycles. The van der Waals surface area contributed by atoms with Crippen molar-refractivity contribution in [3.05, 3.63) is 0 Å². The van der Waals surface area contributed by atoms with Crippen molar-refractivity contribution < 1.29 is 85.6 Å². The molecule has 84 valence electrons. The molecule has 0 heterocycles. The van der Waals surface area contributed by atoms with Crippen LogP contribution in [0.5, 0.6) is 0 Å². The second-order valence-electron chi connectivity index (χ2n) is 0. The van der Waals surface area contributed by atoms with Crippen molar-refractivity contribution in [1.29, 1.82) is 0 Å². The quantitative estimate of drug-likeness (QED) is 0.245. The molecule has 0 aromatic heterocycles. The molecule has 12 heteroatoms. The van der Waals surface area contributed by atoms with Gasteiger partial charge in [-0.25, -0.2) is 0 Å². The molecule has 0 saturated carbocycles. The Morgan fingerprint density at radius 1 is 0.333 bits per heavy atom. The predicted octanol–water partition coefficient (Wildman–Crippen LogP) is -30.7. The summed E-state index contributed by atoms with van der Waals surface area (Å²) in [5, 5.41) is 0. The van der Waals surface area contributed by atoms with Gasteiger partial charge in [0.2, 0.25) is 0 Å². The van der Waals surface area contributed by atoms with Gasteiger partial charge in [0.1, 0.15) is 0 Å².